The first-order valence-electron chi connectivity index (χ1n) is 9.09. The van der Waals surface area contributed by atoms with Crippen molar-refractivity contribution in [2.45, 2.75) is 26.7 Å². The molecular weight excluding hydrogens is 438 g/mol. The topological polar surface area (TPSA) is 46.6 Å². The van der Waals surface area contributed by atoms with Gasteiger partial charge in [0.05, 0.1) is 11.4 Å². The van der Waals surface area contributed by atoms with Gasteiger partial charge in [0.2, 0.25) is 0 Å². The predicted octanol–water partition coefficient (Wildman–Crippen LogP) is 6.00. The zero-order chi connectivity index (χ0) is 20.3. The summed E-state index contributed by atoms with van der Waals surface area (Å²) < 4.78 is 6.89. The van der Waals surface area contributed by atoms with Crippen LogP contribution in [0, 0.1) is 6.92 Å². The summed E-state index contributed by atoms with van der Waals surface area (Å²) in [6.45, 7) is 6.74. The smallest absolute Gasteiger partial charge is 0.293 e. The minimum atomic E-state index is -0.269. The van der Waals surface area contributed by atoms with Crippen molar-refractivity contribution in [2.75, 3.05) is 13.2 Å². The Morgan fingerprint density at radius 2 is 1.86 bits per heavy atom. The lowest BCUT2D eigenvalue weighted by atomic mass is 10.0. The summed E-state index contributed by atoms with van der Waals surface area (Å²) >= 11 is 4.35. The lowest BCUT2D eigenvalue weighted by Gasteiger charge is -2.17. The number of carbonyl (C=O) groups is 2. The highest BCUT2D eigenvalue weighted by molar-refractivity contribution is 9.10. The van der Waals surface area contributed by atoms with Gasteiger partial charge in [-0.1, -0.05) is 54.0 Å². The van der Waals surface area contributed by atoms with Crippen molar-refractivity contribution < 1.29 is 14.3 Å². The number of imide groups is 1. The van der Waals surface area contributed by atoms with Crippen LogP contribution >= 0.6 is 27.7 Å². The molecule has 3 rings (SSSR count). The summed E-state index contributed by atoms with van der Waals surface area (Å²) in [5.74, 6) is 0.879. The van der Waals surface area contributed by atoms with E-state index in [1.165, 1.54) is 4.90 Å². The molecule has 4 nitrogen and oxygen atoms in total. The summed E-state index contributed by atoms with van der Waals surface area (Å²) in [6, 6.07) is 13.7. The Labute approximate surface area is 178 Å². The molecule has 146 valence electrons. The molecule has 2 aromatic rings. The summed E-state index contributed by atoms with van der Waals surface area (Å²) in [7, 11) is 0. The quantitative estimate of drug-likeness (QED) is 0.497. The van der Waals surface area contributed by atoms with Crippen molar-refractivity contribution >= 4 is 44.9 Å². The molecule has 28 heavy (non-hydrogen) atoms. The molecule has 1 saturated heterocycles. The highest BCUT2D eigenvalue weighted by atomic mass is 79.9. The number of halogens is 1. The van der Waals surface area contributed by atoms with Crippen LogP contribution in [-0.2, 0) is 4.79 Å². The Balaban J connectivity index is 1.65. The monoisotopic (exact) mass is 459 g/mol. The minimum absolute atomic E-state index is 0.230. The van der Waals surface area contributed by atoms with Gasteiger partial charge in [-0.2, -0.15) is 0 Å². The molecule has 0 spiro atoms. The SMILES string of the molecule is Cc1ccc(C(C)C)c(OCCN2C(=O)S/C(=C\c3ccc(Br)cc3)C2=O)c1. The van der Waals surface area contributed by atoms with Gasteiger partial charge in [0.1, 0.15) is 12.4 Å². The maximum absolute atomic E-state index is 12.6. The second-order valence-corrected chi connectivity index (χ2v) is 8.84. The zero-order valence-corrected chi connectivity index (χ0v) is 18.5. The Morgan fingerprint density at radius 1 is 1.14 bits per heavy atom. The third-order valence-electron chi connectivity index (χ3n) is 4.40. The second-order valence-electron chi connectivity index (χ2n) is 6.93. The van der Waals surface area contributed by atoms with Gasteiger partial charge >= 0.3 is 0 Å². The van der Waals surface area contributed by atoms with Crippen molar-refractivity contribution in [1.29, 1.82) is 0 Å². The van der Waals surface area contributed by atoms with Gasteiger partial charge in [0.25, 0.3) is 11.1 Å². The molecule has 1 fully saturated rings. The number of hydrogen-bond donors (Lipinski definition) is 0. The third-order valence-corrected chi connectivity index (χ3v) is 5.84. The van der Waals surface area contributed by atoms with E-state index in [2.05, 4.69) is 41.9 Å². The van der Waals surface area contributed by atoms with Crippen LogP contribution in [0.25, 0.3) is 6.08 Å². The Hall–Kier alpha value is -2.05. The minimum Gasteiger partial charge on any atom is -0.491 e. The number of nitrogens with zero attached hydrogens (tertiary/aromatic N) is 1. The second kappa shape index (κ2) is 8.97. The first kappa shape index (κ1) is 20.7. The molecular formula is C22H22BrNO3S. The van der Waals surface area contributed by atoms with Crippen molar-refractivity contribution in [3.63, 3.8) is 0 Å². The molecule has 0 unspecified atom stereocenters. The van der Waals surface area contributed by atoms with E-state index in [-0.39, 0.29) is 24.3 Å². The molecule has 0 aromatic heterocycles. The summed E-state index contributed by atoms with van der Waals surface area (Å²) in [6.07, 6.45) is 1.75. The number of amides is 2. The van der Waals surface area contributed by atoms with Crippen LogP contribution < -0.4 is 4.74 Å². The molecule has 0 radical (unpaired) electrons. The number of benzene rings is 2. The van der Waals surface area contributed by atoms with Gasteiger partial charge in [0.15, 0.2) is 0 Å². The largest absolute Gasteiger partial charge is 0.491 e. The predicted molar refractivity (Wildman–Crippen MR) is 118 cm³/mol. The van der Waals surface area contributed by atoms with E-state index < -0.39 is 0 Å². The van der Waals surface area contributed by atoms with E-state index in [0.29, 0.717) is 10.8 Å². The average molecular weight is 460 g/mol. The molecule has 0 aliphatic carbocycles. The number of rotatable bonds is 6. The lowest BCUT2D eigenvalue weighted by Crippen LogP contribution is -2.32. The van der Waals surface area contributed by atoms with Crippen LogP contribution in [0.15, 0.2) is 51.8 Å². The molecule has 2 amide bonds. The normalized spacial score (nSPS) is 15.8. The molecule has 0 bridgehead atoms. The van der Waals surface area contributed by atoms with Gasteiger partial charge < -0.3 is 4.74 Å². The van der Waals surface area contributed by atoms with Gasteiger partial charge in [0, 0.05) is 4.47 Å². The van der Waals surface area contributed by atoms with Crippen molar-refractivity contribution in [1.82, 2.24) is 4.90 Å². The number of thioether (sulfide) groups is 1. The standard InChI is InChI=1S/C22H22BrNO3S/c1-14(2)18-9-4-15(3)12-19(18)27-11-10-24-21(25)20(28-22(24)26)13-16-5-7-17(23)8-6-16/h4-9,12-14H,10-11H2,1-3H3/b20-13-. The van der Waals surface area contributed by atoms with Crippen molar-refractivity contribution in [3.8, 4) is 5.75 Å². The fourth-order valence-corrected chi connectivity index (χ4v) is 4.02. The molecule has 0 N–H and O–H groups in total. The maximum Gasteiger partial charge on any atom is 0.293 e. The molecule has 6 heteroatoms. The van der Waals surface area contributed by atoms with Gasteiger partial charge in [-0.15, -0.1) is 0 Å². The molecule has 1 aliphatic heterocycles. The Morgan fingerprint density at radius 3 is 2.54 bits per heavy atom. The molecule has 2 aromatic carbocycles. The van der Waals surface area contributed by atoms with E-state index >= 15 is 0 Å². The van der Waals surface area contributed by atoms with E-state index in [1.54, 1.807) is 6.08 Å². The Bertz CT molecular complexity index is 922. The van der Waals surface area contributed by atoms with E-state index in [9.17, 15) is 9.59 Å². The van der Waals surface area contributed by atoms with Crippen molar-refractivity contribution in [3.05, 3.63) is 68.5 Å². The maximum atomic E-state index is 12.6. The van der Waals surface area contributed by atoms with Gasteiger partial charge in [-0.3, -0.25) is 14.5 Å². The van der Waals surface area contributed by atoms with Crippen LogP contribution in [0.2, 0.25) is 0 Å². The zero-order valence-electron chi connectivity index (χ0n) is 16.1. The van der Waals surface area contributed by atoms with E-state index in [0.717, 1.165) is 38.7 Å². The van der Waals surface area contributed by atoms with Crippen LogP contribution in [0.4, 0.5) is 4.79 Å². The number of carbonyl (C=O) groups excluding carboxylic acids is 2. The third kappa shape index (κ3) is 4.86. The van der Waals surface area contributed by atoms with Crippen LogP contribution in [0.3, 0.4) is 0 Å². The molecule has 0 atom stereocenters. The fourth-order valence-electron chi connectivity index (χ4n) is 2.89. The molecule has 1 aliphatic rings. The molecule has 0 saturated carbocycles. The molecule has 1 heterocycles. The number of hydrogen-bond acceptors (Lipinski definition) is 4. The van der Waals surface area contributed by atoms with Gasteiger partial charge in [-0.25, -0.2) is 0 Å². The summed E-state index contributed by atoms with van der Waals surface area (Å²) in [5, 5.41) is -0.259. The van der Waals surface area contributed by atoms with Crippen LogP contribution in [0.1, 0.15) is 36.5 Å². The first-order valence-corrected chi connectivity index (χ1v) is 10.7. The first-order chi connectivity index (χ1) is 13.3. The summed E-state index contributed by atoms with van der Waals surface area (Å²) in [4.78, 5) is 26.6. The lowest BCUT2D eigenvalue weighted by molar-refractivity contribution is -0.123. The Kier molecular flexibility index (Phi) is 6.62. The number of ether oxygens (including phenoxy) is 1. The van der Waals surface area contributed by atoms with Gasteiger partial charge in [-0.05, 0) is 65.6 Å². The highest BCUT2D eigenvalue weighted by Gasteiger charge is 2.34. The average Bonchev–Trinajstić information content (AvgIpc) is 2.91. The van der Waals surface area contributed by atoms with E-state index in [1.807, 2.05) is 37.3 Å². The number of aryl methyl sites for hydroxylation is 1. The fraction of sp³-hybridized carbons (Fsp3) is 0.273. The van der Waals surface area contributed by atoms with Crippen molar-refractivity contribution in [2.24, 2.45) is 0 Å². The van der Waals surface area contributed by atoms with Crippen LogP contribution in [0.5, 0.6) is 5.75 Å². The van der Waals surface area contributed by atoms with Crippen LogP contribution in [-0.4, -0.2) is 29.2 Å². The summed E-state index contributed by atoms with van der Waals surface area (Å²) in [5.41, 5.74) is 3.11. The van der Waals surface area contributed by atoms with E-state index in [4.69, 9.17) is 4.74 Å². The highest BCUT2D eigenvalue weighted by Crippen LogP contribution is 2.32.